The van der Waals surface area contributed by atoms with Crippen molar-refractivity contribution in [2.45, 2.75) is 25.6 Å². The zero-order valence-corrected chi connectivity index (χ0v) is 8.72. The number of nitrogens with zero attached hydrogens (tertiary/aromatic N) is 1. The lowest BCUT2D eigenvalue weighted by Crippen LogP contribution is -2.23. The van der Waals surface area contributed by atoms with Crippen molar-refractivity contribution in [1.29, 1.82) is 0 Å². The van der Waals surface area contributed by atoms with Crippen LogP contribution < -0.4 is 11.5 Å². The highest BCUT2D eigenvalue weighted by atomic mass is 16.3. The molecule has 5 heteroatoms. The fourth-order valence-electron chi connectivity index (χ4n) is 1.36. The summed E-state index contributed by atoms with van der Waals surface area (Å²) < 4.78 is 0. The number of nitrogen functional groups attached to an aromatic ring is 1. The van der Waals surface area contributed by atoms with Gasteiger partial charge in [-0.25, -0.2) is 0 Å². The molecule has 0 aliphatic carbocycles. The van der Waals surface area contributed by atoms with E-state index in [-0.39, 0.29) is 0 Å². The first-order valence-corrected chi connectivity index (χ1v) is 4.84. The summed E-state index contributed by atoms with van der Waals surface area (Å²) in [5, 5.41) is 19.3. The molecule has 5 nitrogen and oxygen atoms in total. The van der Waals surface area contributed by atoms with Gasteiger partial charge in [-0.15, -0.1) is 0 Å². The zero-order chi connectivity index (χ0) is 11.4. The number of aryl methyl sites for hydroxylation is 1. The first-order valence-electron chi connectivity index (χ1n) is 4.84. The zero-order valence-electron chi connectivity index (χ0n) is 8.72. The van der Waals surface area contributed by atoms with Gasteiger partial charge in [0.1, 0.15) is 6.10 Å². The Kier molecular flexibility index (Phi) is 4.02. The molecule has 0 spiro atoms. The van der Waals surface area contributed by atoms with Crippen LogP contribution in [0.4, 0.5) is 5.69 Å². The molecule has 0 fully saturated rings. The summed E-state index contributed by atoms with van der Waals surface area (Å²) in [5.74, 6) is 0. The van der Waals surface area contributed by atoms with Crippen LogP contribution in [0, 0.1) is 6.92 Å². The molecule has 0 radical (unpaired) electrons. The minimum atomic E-state index is -1.07. The maximum Gasteiger partial charge on any atom is 0.124 e. The lowest BCUT2D eigenvalue weighted by molar-refractivity contribution is 0.0129. The molecule has 1 rings (SSSR count). The number of anilines is 1. The number of aromatic nitrogens is 1. The van der Waals surface area contributed by atoms with Gasteiger partial charge in [0.25, 0.3) is 0 Å². The van der Waals surface area contributed by atoms with E-state index in [2.05, 4.69) is 4.98 Å². The lowest BCUT2D eigenvalue weighted by atomic mass is 10.1. The quantitative estimate of drug-likeness (QED) is 0.548. The summed E-state index contributed by atoms with van der Waals surface area (Å²) in [5.41, 5.74) is 12.6. The average molecular weight is 211 g/mol. The summed E-state index contributed by atoms with van der Waals surface area (Å²) in [6.07, 6.45) is -0.0816. The second-order valence-electron chi connectivity index (χ2n) is 3.58. The van der Waals surface area contributed by atoms with E-state index in [1.165, 1.54) is 0 Å². The smallest absolute Gasteiger partial charge is 0.124 e. The van der Waals surface area contributed by atoms with Gasteiger partial charge in [-0.2, -0.15) is 0 Å². The molecule has 0 aliphatic heterocycles. The van der Waals surface area contributed by atoms with Gasteiger partial charge in [0, 0.05) is 6.20 Å². The third-order valence-electron chi connectivity index (χ3n) is 2.19. The SMILES string of the molecule is Cc1cnc(C(O)C(O)CCN)c(N)c1. The summed E-state index contributed by atoms with van der Waals surface area (Å²) >= 11 is 0. The van der Waals surface area contributed by atoms with Gasteiger partial charge < -0.3 is 21.7 Å². The monoisotopic (exact) mass is 211 g/mol. The molecule has 6 N–H and O–H groups in total. The molecule has 0 bridgehead atoms. The van der Waals surface area contributed by atoms with Crippen LogP contribution in [-0.2, 0) is 0 Å². The topological polar surface area (TPSA) is 105 Å². The van der Waals surface area contributed by atoms with Crippen LogP contribution in [0.15, 0.2) is 12.3 Å². The number of hydrogen-bond acceptors (Lipinski definition) is 5. The van der Waals surface area contributed by atoms with Crippen LogP contribution in [0.2, 0.25) is 0 Å². The molecule has 0 saturated carbocycles. The predicted molar refractivity (Wildman–Crippen MR) is 58.0 cm³/mol. The van der Waals surface area contributed by atoms with Gasteiger partial charge in [-0.05, 0) is 31.5 Å². The second kappa shape index (κ2) is 5.06. The first-order chi connectivity index (χ1) is 7.06. The third-order valence-corrected chi connectivity index (χ3v) is 2.19. The van der Waals surface area contributed by atoms with E-state index >= 15 is 0 Å². The lowest BCUT2D eigenvalue weighted by Gasteiger charge is -2.18. The molecule has 84 valence electrons. The second-order valence-corrected chi connectivity index (χ2v) is 3.58. The minimum absolute atomic E-state index is 0.307. The van der Waals surface area contributed by atoms with Gasteiger partial charge in [0.05, 0.1) is 17.5 Å². The van der Waals surface area contributed by atoms with Crippen LogP contribution in [0.1, 0.15) is 23.8 Å². The van der Waals surface area contributed by atoms with Crippen molar-refractivity contribution in [3.8, 4) is 0 Å². The van der Waals surface area contributed by atoms with Gasteiger partial charge in [-0.3, -0.25) is 4.98 Å². The summed E-state index contributed by atoms with van der Waals surface area (Å²) in [4.78, 5) is 4.01. The third kappa shape index (κ3) is 2.89. The highest BCUT2D eigenvalue weighted by Crippen LogP contribution is 2.22. The van der Waals surface area contributed by atoms with Crippen molar-refractivity contribution in [2.24, 2.45) is 5.73 Å². The summed E-state index contributed by atoms with van der Waals surface area (Å²) in [6, 6.07) is 1.71. The number of rotatable bonds is 4. The Labute approximate surface area is 88.7 Å². The fourth-order valence-corrected chi connectivity index (χ4v) is 1.36. The molecule has 1 heterocycles. The Morgan fingerprint density at radius 2 is 2.13 bits per heavy atom. The summed E-state index contributed by atoms with van der Waals surface area (Å²) in [6.45, 7) is 2.17. The molecule has 0 aliphatic rings. The first kappa shape index (κ1) is 11.9. The Morgan fingerprint density at radius 3 is 2.67 bits per heavy atom. The van der Waals surface area contributed by atoms with E-state index in [0.717, 1.165) is 5.56 Å². The summed E-state index contributed by atoms with van der Waals surface area (Å²) in [7, 11) is 0. The Morgan fingerprint density at radius 1 is 1.47 bits per heavy atom. The van der Waals surface area contributed by atoms with Gasteiger partial charge in [0.2, 0.25) is 0 Å². The molecular formula is C10H17N3O2. The Balaban J connectivity index is 2.86. The highest BCUT2D eigenvalue weighted by molar-refractivity contribution is 5.45. The largest absolute Gasteiger partial charge is 0.397 e. The number of pyridine rings is 1. The van der Waals surface area contributed by atoms with Crippen LogP contribution in [0.25, 0.3) is 0 Å². The van der Waals surface area contributed by atoms with E-state index < -0.39 is 12.2 Å². The van der Waals surface area contributed by atoms with Crippen molar-refractivity contribution < 1.29 is 10.2 Å². The number of aliphatic hydroxyl groups excluding tert-OH is 2. The van der Waals surface area contributed by atoms with Gasteiger partial charge >= 0.3 is 0 Å². The van der Waals surface area contributed by atoms with Crippen LogP contribution in [-0.4, -0.2) is 27.8 Å². The van der Waals surface area contributed by atoms with E-state index in [4.69, 9.17) is 11.5 Å². The van der Waals surface area contributed by atoms with Crippen molar-refractivity contribution in [3.05, 3.63) is 23.5 Å². The molecule has 1 aromatic heterocycles. The van der Waals surface area contributed by atoms with E-state index in [9.17, 15) is 10.2 Å². The molecule has 1 aromatic rings. The molecule has 0 aromatic carbocycles. The maximum absolute atomic E-state index is 9.74. The van der Waals surface area contributed by atoms with Gasteiger partial charge in [-0.1, -0.05) is 0 Å². The van der Waals surface area contributed by atoms with Crippen LogP contribution >= 0.6 is 0 Å². The minimum Gasteiger partial charge on any atom is -0.397 e. The fraction of sp³-hybridized carbons (Fsp3) is 0.500. The highest BCUT2D eigenvalue weighted by Gasteiger charge is 2.20. The molecule has 2 unspecified atom stereocenters. The normalized spacial score (nSPS) is 14.9. The number of nitrogens with two attached hydrogens (primary N) is 2. The van der Waals surface area contributed by atoms with E-state index in [1.807, 2.05) is 6.92 Å². The van der Waals surface area contributed by atoms with Crippen molar-refractivity contribution in [1.82, 2.24) is 4.98 Å². The molecule has 0 saturated heterocycles. The molecule has 15 heavy (non-hydrogen) atoms. The number of aliphatic hydroxyl groups is 2. The Hall–Kier alpha value is -1.17. The average Bonchev–Trinajstić information content (AvgIpc) is 2.17. The van der Waals surface area contributed by atoms with Crippen molar-refractivity contribution in [2.75, 3.05) is 12.3 Å². The molecular weight excluding hydrogens is 194 g/mol. The standard InChI is InChI=1S/C10H17N3O2/c1-6-4-7(12)9(13-5-6)10(15)8(14)2-3-11/h4-5,8,10,14-15H,2-3,11-12H2,1H3. The van der Waals surface area contributed by atoms with Crippen molar-refractivity contribution >= 4 is 5.69 Å². The van der Waals surface area contributed by atoms with E-state index in [1.54, 1.807) is 12.3 Å². The predicted octanol–water partition coefficient (Wildman–Crippen LogP) is -0.285. The van der Waals surface area contributed by atoms with Crippen LogP contribution in [0.3, 0.4) is 0 Å². The van der Waals surface area contributed by atoms with Crippen LogP contribution in [0.5, 0.6) is 0 Å². The molecule has 0 amide bonds. The van der Waals surface area contributed by atoms with E-state index in [0.29, 0.717) is 24.3 Å². The Bertz CT molecular complexity index is 330. The number of hydrogen-bond donors (Lipinski definition) is 4. The molecule has 2 atom stereocenters. The van der Waals surface area contributed by atoms with Crippen molar-refractivity contribution in [3.63, 3.8) is 0 Å². The maximum atomic E-state index is 9.74. The van der Waals surface area contributed by atoms with Gasteiger partial charge in [0.15, 0.2) is 0 Å².